The lowest BCUT2D eigenvalue weighted by Gasteiger charge is -2.61. The summed E-state index contributed by atoms with van der Waals surface area (Å²) in [4.78, 5) is 0. The smallest absolute Gasteiger partial charge is 0.101 e. The summed E-state index contributed by atoms with van der Waals surface area (Å²) < 4.78 is 0. The third-order valence-corrected chi connectivity index (χ3v) is 8.43. The third kappa shape index (κ3) is 2.11. The summed E-state index contributed by atoms with van der Waals surface area (Å²) in [5.41, 5.74) is -0.349. The van der Waals surface area contributed by atoms with Crippen molar-refractivity contribution in [3.05, 3.63) is 11.6 Å². The lowest BCUT2D eigenvalue weighted by molar-refractivity contribution is -0.155. The Balaban J connectivity index is 1.81. The van der Waals surface area contributed by atoms with Gasteiger partial charge in [0.15, 0.2) is 0 Å². The van der Waals surface area contributed by atoms with Gasteiger partial charge in [0.2, 0.25) is 0 Å². The molecular weight excluding hydrogens is 332 g/mol. The SMILES string of the molecule is C#CC1C[C@H](O)[C@H](O)C2=CC[C@@H]3[C@H]([C@@H](O)C[C@]4(C)[C@H](O)[C@H](O)C[C@@H]34)[C@]21C. The fraction of sp³-hybridized carbons (Fsp3) is 0.810. The summed E-state index contributed by atoms with van der Waals surface area (Å²) in [6, 6.07) is 0. The summed E-state index contributed by atoms with van der Waals surface area (Å²) in [6.45, 7) is 3.99. The van der Waals surface area contributed by atoms with Crippen molar-refractivity contribution in [3.63, 3.8) is 0 Å². The van der Waals surface area contributed by atoms with Gasteiger partial charge in [-0.15, -0.1) is 12.3 Å². The van der Waals surface area contributed by atoms with E-state index >= 15 is 0 Å². The van der Waals surface area contributed by atoms with E-state index in [-0.39, 0.29) is 23.7 Å². The Morgan fingerprint density at radius 3 is 2.38 bits per heavy atom. The molecule has 4 rings (SSSR count). The van der Waals surface area contributed by atoms with Gasteiger partial charge in [-0.1, -0.05) is 19.9 Å². The zero-order valence-electron chi connectivity index (χ0n) is 15.4. The minimum atomic E-state index is -0.953. The molecule has 144 valence electrons. The van der Waals surface area contributed by atoms with Gasteiger partial charge in [-0.3, -0.25) is 0 Å². The Morgan fingerprint density at radius 2 is 1.73 bits per heavy atom. The van der Waals surface area contributed by atoms with Crippen LogP contribution in [0.2, 0.25) is 0 Å². The quantitative estimate of drug-likeness (QED) is 0.318. The molecule has 0 bridgehead atoms. The Kier molecular flexibility index (Phi) is 4.12. The van der Waals surface area contributed by atoms with Crippen LogP contribution in [0.4, 0.5) is 0 Å². The van der Waals surface area contributed by atoms with Crippen molar-refractivity contribution in [1.29, 1.82) is 0 Å². The van der Waals surface area contributed by atoms with Crippen LogP contribution in [-0.4, -0.2) is 56.1 Å². The normalized spacial score (nSPS) is 58.8. The molecule has 5 N–H and O–H groups in total. The van der Waals surface area contributed by atoms with E-state index in [1.54, 1.807) is 0 Å². The molecule has 5 nitrogen and oxygen atoms in total. The van der Waals surface area contributed by atoms with Crippen LogP contribution in [-0.2, 0) is 0 Å². The van der Waals surface area contributed by atoms with Crippen molar-refractivity contribution >= 4 is 0 Å². The lowest BCUT2D eigenvalue weighted by atomic mass is 9.44. The van der Waals surface area contributed by atoms with E-state index in [0.717, 1.165) is 5.57 Å². The maximum atomic E-state index is 11.2. The maximum Gasteiger partial charge on any atom is 0.101 e. The van der Waals surface area contributed by atoms with Crippen molar-refractivity contribution < 1.29 is 25.5 Å². The molecule has 0 radical (unpaired) electrons. The molecule has 3 saturated carbocycles. The van der Waals surface area contributed by atoms with Gasteiger partial charge in [0.05, 0.1) is 24.4 Å². The largest absolute Gasteiger partial charge is 0.393 e. The van der Waals surface area contributed by atoms with Gasteiger partial charge < -0.3 is 25.5 Å². The number of allylic oxidation sites excluding steroid dienone is 1. The number of terminal acetylenes is 1. The third-order valence-electron chi connectivity index (χ3n) is 8.43. The van der Waals surface area contributed by atoms with Gasteiger partial charge in [0.1, 0.15) is 6.10 Å². The molecule has 0 aromatic rings. The number of aliphatic hydroxyl groups excluding tert-OH is 5. The number of rotatable bonds is 0. The second-order valence-corrected chi connectivity index (χ2v) is 9.47. The van der Waals surface area contributed by atoms with Crippen molar-refractivity contribution in [2.45, 2.75) is 70.1 Å². The van der Waals surface area contributed by atoms with Crippen LogP contribution in [0.15, 0.2) is 11.6 Å². The van der Waals surface area contributed by atoms with Crippen LogP contribution < -0.4 is 0 Å². The molecule has 0 aromatic heterocycles. The van der Waals surface area contributed by atoms with Gasteiger partial charge in [-0.2, -0.15) is 0 Å². The molecule has 11 atom stereocenters. The number of aliphatic hydroxyl groups is 5. The molecule has 26 heavy (non-hydrogen) atoms. The van der Waals surface area contributed by atoms with Gasteiger partial charge in [0, 0.05) is 16.7 Å². The van der Waals surface area contributed by atoms with Crippen molar-refractivity contribution in [2.75, 3.05) is 0 Å². The molecule has 0 aliphatic heterocycles. The topological polar surface area (TPSA) is 101 Å². The fourth-order valence-corrected chi connectivity index (χ4v) is 7.13. The zero-order chi connectivity index (χ0) is 19.0. The van der Waals surface area contributed by atoms with Crippen molar-refractivity contribution in [3.8, 4) is 12.3 Å². The highest BCUT2D eigenvalue weighted by molar-refractivity contribution is 5.34. The van der Waals surface area contributed by atoms with E-state index in [9.17, 15) is 25.5 Å². The van der Waals surface area contributed by atoms with E-state index in [4.69, 9.17) is 6.42 Å². The molecule has 5 heteroatoms. The van der Waals surface area contributed by atoms with E-state index in [1.807, 2.05) is 19.9 Å². The average Bonchev–Trinajstić information content (AvgIpc) is 2.81. The van der Waals surface area contributed by atoms with E-state index < -0.39 is 41.3 Å². The summed E-state index contributed by atoms with van der Waals surface area (Å²) in [5.74, 6) is 2.57. The minimum Gasteiger partial charge on any atom is -0.393 e. The first-order valence-electron chi connectivity index (χ1n) is 9.73. The molecule has 0 aromatic carbocycles. The van der Waals surface area contributed by atoms with E-state index in [2.05, 4.69) is 5.92 Å². The van der Waals surface area contributed by atoms with Gasteiger partial charge in [-0.05, 0) is 49.0 Å². The second kappa shape index (κ2) is 5.80. The summed E-state index contributed by atoms with van der Waals surface area (Å²) in [5, 5.41) is 52.8. The predicted molar refractivity (Wildman–Crippen MR) is 95.6 cm³/mol. The zero-order valence-corrected chi connectivity index (χ0v) is 15.4. The highest BCUT2D eigenvalue weighted by Gasteiger charge is 2.65. The van der Waals surface area contributed by atoms with Crippen LogP contribution in [0.3, 0.4) is 0 Å². The highest BCUT2D eigenvalue weighted by atomic mass is 16.3. The van der Waals surface area contributed by atoms with Crippen LogP contribution in [0, 0.1) is 46.8 Å². The summed E-state index contributed by atoms with van der Waals surface area (Å²) in [6.07, 6.45) is 5.62. The first-order chi connectivity index (χ1) is 12.2. The fourth-order valence-electron chi connectivity index (χ4n) is 7.13. The van der Waals surface area contributed by atoms with Crippen LogP contribution in [0.1, 0.15) is 39.5 Å². The molecule has 3 fully saturated rings. The molecule has 1 unspecified atom stereocenters. The van der Waals surface area contributed by atoms with Crippen LogP contribution >= 0.6 is 0 Å². The van der Waals surface area contributed by atoms with Gasteiger partial charge in [-0.25, -0.2) is 0 Å². The summed E-state index contributed by atoms with van der Waals surface area (Å²) in [7, 11) is 0. The maximum absolute atomic E-state index is 11.2. The Bertz CT molecular complexity index is 668. The van der Waals surface area contributed by atoms with Gasteiger partial charge >= 0.3 is 0 Å². The Hall–Kier alpha value is -0.900. The first kappa shape index (κ1) is 18.5. The molecule has 4 aliphatic rings. The molecule has 0 amide bonds. The lowest BCUT2D eigenvalue weighted by Crippen LogP contribution is -2.61. The average molecular weight is 362 g/mol. The minimum absolute atomic E-state index is 0.0857. The Morgan fingerprint density at radius 1 is 1.04 bits per heavy atom. The van der Waals surface area contributed by atoms with Crippen molar-refractivity contribution in [2.24, 2.45) is 34.5 Å². The Labute approximate surface area is 154 Å². The second-order valence-electron chi connectivity index (χ2n) is 9.47. The number of hydrogen-bond acceptors (Lipinski definition) is 5. The van der Waals surface area contributed by atoms with Crippen LogP contribution in [0.25, 0.3) is 0 Å². The number of hydrogen-bond donors (Lipinski definition) is 5. The van der Waals surface area contributed by atoms with E-state index in [1.165, 1.54) is 0 Å². The highest BCUT2D eigenvalue weighted by Crippen LogP contribution is 2.65. The number of fused-ring (bicyclic) bond motifs is 5. The van der Waals surface area contributed by atoms with Crippen molar-refractivity contribution in [1.82, 2.24) is 0 Å². The molecule has 0 heterocycles. The predicted octanol–water partition coefficient (Wildman–Crippen LogP) is 0.443. The van der Waals surface area contributed by atoms with E-state index in [0.29, 0.717) is 25.7 Å². The van der Waals surface area contributed by atoms with Gasteiger partial charge in [0.25, 0.3) is 0 Å². The summed E-state index contributed by atoms with van der Waals surface area (Å²) >= 11 is 0. The molecule has 0 saturated heterocycles. The molecular formula is C21H30O5. The standard InChI is InChI=1S/C21H30O5/c1-4-10-7-14(22)18(25)12-6-5-11-13-8-15(23)19(26)20(13,2)9-16(24)17(11)21(10,12)3/h1,6,10-11,13-19,22-26H,5,7-9H2,2-3H3/t10?,11-,13-,14-,15+,16-,17+,18+,19+,20-,21-/m0/s1. The monoisotopic (exact) mass is 362 g/mol. The molecule has 0 spiro atoms. The van der Waals surface area contributed by atoms with Crippen LogP contribution in [0.5, 0.6) is 0 Å². The molecule has 4 aliphatic carbocycles. The first-order valence-corrected chi connectivity index (χ1v) is 9.73.